The van der Waals surface area contributed by atoms with Crippen LogP contribution in [0.2, 0.25) is 0 Å². The van der Waals surface area contributed by atoms with E-state index in [2.05, 4.69) is 29.4 Å². The molecule has 3 aromatic rings. The second kappa shape index (κ2) is 11.6. The summed E-state index contributed by atoms with van der Waals surface area (Å²) in [7, 11) is 0. The van der Waals surface area contributed by atoms with Gasteiger partial charge in [0.1, 0.15) is 11.5 Å². The molecule has 0 spiro atoms. The molecule has 0 bridgehead atoms. The van der Waals surface area contributed by atoms with Crippen molar-refractivity contribution in [2.75, 3.05) is 5.32 Å². The topological polar surface area (TPSA) is 60.5 Å². The number of hydrogen-bond acceptors (Lipinski definition) is 4. The van der Waals surface area contributed by atoms with Crippen molar-refractivity contribution in [3.63, 3.8) is 0 Å². The van der Waals surface area contributed by atoms with Gasteiger partial charge in [-0.1, -0.05) is 25.5 Å². The highest BCUT2D eigenvalue weighted by molar-refractivity contribution is 6.05. The Balaban J connectivity index is 1.58. The average molecular weight is 447 g/mol. The van der Waals surface area contributed by atoms with E-state index in [0.29, 0.717) is 23.4 Å². The van der Waals surface area contributed by atoms with Gasteiger partial charge in [0.15, 0.2) is 0 Å². The number of rotatable bonds is 10. The van der Waals surface area contributed by atoms with Crippen LogP contribution >= 0.6 is 0 Å². The Labute approximate surface area is 197 Å². The summed E-state index contributed by atoms with van der Waals surface area (Å²) in [5.74, 6) is 1.33. The summed E-state index contributed by atoms with van der Waals surface area (Å²) in [4.78, 5) is 17.4. The van der Waals surface area contributed by atoms with Gasteiger partial charge < -0.3 is 14.8 Å². The summed E-state index contributed by atoms with van der Waals surface area (Å²) in [5.41, 5.74) is 4.19. The van der Waals surface area contributed by atoms with Crippen LogP contribution in [0.1, 0.15) is 61.4 Å². The zero-order valence-electron chi connectivity index (χ0n) is 20.2. The van der Waals surface area contributed by atoms with Gasteiger partial charge in [-0.25, -0.2) is 0 Å². The van der Waals surface area contributed by atoms with Crippen LogP contribution in [-0.4, -0.2) is 23.1 Å². The van der Waals surface area contributed by atoms with Gasteiger partial charge in [-0.05, 0) is 88.2 Å². The van der Waals surface area contributed by atoms with Crippen LogP contribution in [0.4, 0.5) is 5.69 Å². The number of nitrogens with zero attached hydrogens (tertiary/aromatic N) is 1. The number of nitrogens with one attached hydrogen (secondary N) is 1. The van der Waals surface area contributed by atoms with Crippen LogP contribution in [0.25, 0.3) is 0 Å². The van der Waals surface area contributed by atoms with E-state index in [0.717, 1.165) is 30.0 Å². The molecule has 3 rings (SSSR count). The lowest BCUT2D eigenvalue weighted by molar-refractivity contribution is 0.0190. The molecule has 174 valence electrons. The summed E-state index contributed by atoms with van der Waals surface area (Å²) >= 11 is 0. The maximum Gasteiger partial charge on any atom is 0.257 e. The van der Waals surface area contributed by atoms with E-state index in [1.54, 1.807) is 0 Å². The molecule has 5 nitrogen and oxygen atoms in total. The molecule has 0 saturated heterocycles. The monoisotopic (exact) mass is 446 g/mol. The minimum Gasteiger partial charge on any atom is -0.457 e. The molecule has 1 amide bonds. The lowest BCUT2D eigenvalue weighted by atomic mass is 10.1. The summed E-state index contributed by atoms with van der Waals surface area (Å²) in [6.45, 7) is 10.1. The number of amides is 1. The predicted molar refractivity (Wildman–Crippen MR) is 133 cm³/mol. The first-order chi connectivity index (χ1) is 15.8. The third-order valence-electron chi connectivity index (χ3n) is 5.20. The molecular formula is C28H34N2O3. The molecule has 33 heavy (non-hydrogen) atoms. The molecule has 0 saturated carbocycles. The summed E-state index contributed by atoms with van der Waals surface area (Å²) in [6, 6.07) is 19.2. The molecule has 0 aliphatic heterocycles. The molecular weight excluding hydrogens is 412 g/mol. The average Bonchev–Trinajstić information content (AvgIpc) is 2.76. The quantitative estimate of drug-likeness (QED) is 0.374. The number of anilines is 1. The molecule has 5 heteroatoms. The van der Waals surface area contributed by atoms with Crippen LogP contribution in [0.15, 0.2) is 60.7 Å². The van der Waals surface area contributed by atoms with Crippen molar-refractivity contribution in [1.29, 1.82) is 0 Å². The van der Waals surface area contributed by atoms with Crippen LogP contribution in [0, 0.1) is 6.92 Å². The smallest absolute Gasteiger partial charge is 0.257 e. The number of hydrogen-bond donors (Lipinski definition) is 1. The Morgan fingerprint density at radius 1 is 0.939 bits per heavy atom. The van der Waals surface area contributed by atoms with Crippen LogP contribution in [-0.2, 0) is 17.6 Å². The van der Waals surface area contributed by atoms with Crippen molar-refractivity contribution in [2.24, 2.45) is 0 Å². The highest BCUT2D eigenvalue weighted by Gasteiger charge is 2.13. The van der Waals surface area contributed by atoms with Crippen molar-refractivity contribution >= 4 is 11.6 Å². The summed E-state index contributed by atoms with van der Waals surface area (Å²) < 4.78 is 11.7. The van der Waals surface area contributed by atoms with Gasteiger partial charge in [-0.3, -0.25) is 9.78 Å². The summed E-state index contributed by atoms with van der Waals surface area (Å²) in [6.07, 6.45) is 3.15. The van der Waals surface area contributed by atoms with Crippen molar-refractivity contribution < 1.29 is 14.3 Å². The molecule has 0 radical (unpaired) electrons. The molecule has 2 aromatic carbocycles. The van der Waals surface area contributed by atoms with E-state index in [9.17, 15) is 4.79 Å². The predicted octanol–water partition coefficient (Wildman–Crippen LogP) is 6.74. The zero-order chi connectivity index (χ0) is 23.8. The fourth-order valence-corrected chi connectivity index (χ4v) is 3.73. The third-order valence-corrected chi connectivity index (χ3v) is 5.20. The number of aryl methyl sites for hydroxylation is 2. The molecule has 1 atom stereocenters. The molecule has 1 unspecified atom stereocenters. The SMILES string of the molecule is CCCc1ccc(Oc2ccc(NC(=O)c3ccc(CC(C)OC(C)C)nc3C)cc2)cc1. The van der Waals surface area contributed by atoms with Gasteiger partial charge in [0.25, 0.3) is 5.91 Å². The first-order valence-corrected chi connectivity index (χ1v) is 11.6. The third kappa shape index (κ3) is 7.43. The van der Waals surface area contributed by atoms with Gasteiger partial charge in [-0.15, -0.1) is 0 Å². The van der Waals surface area contributed by atoms with E-state index in [4.69, 9.17) is 9.47 Å². The van der Waals surface area contributed by atoms with Gasteiger partial charge in [0, 0.05) is 17.8 Å². The van der Waals surface area contributed by atoms with E-state index < -0.39 is 0 Å². The number of aromatic nitrogens is 1. The van der Waals surface area contributed by atoms with Crippen molar-refractivity contribution in [2.45, 2.75) is 66.1 Å². The Morgan fingerprint density at radius 3 is 2.15 bits per heavy atom. The number of pyridine rings is 1. The molecule has 0 aliphatic carbocycles. The van der Waals surface area contributed by atoms with Crippen LogP contribution in [0.3, 0.4) is 0 Å². The normalized spacial score (nSPS) is 11.9. The Morgan fingerprint density at radius 2 is 1.58 bits per heavy atom. The Bertz CT molecular complexity index is 1040. The number of carbonyl (C=O) groups excluding carboxylic acids is 1. The lowest BCUT2D eigenvalue weighted by Gasteiger charge is -2.16. The Kier molecular flexibility index (Phi) is 8.61. The molecule has 0 fully saturated rings. The molecule has 1 heterocycles. The maximum atomic E-state index is 12.8. The Hall–Kier alpha value is -3.18. The zero-order valence-corrected chi connectivity index (χ0v) is 20.2. The van der Waals surface area contributed by atoms with E-state index in [1.165, 1.54) is 5.56 Å². The fraction of sp³-hybridized carbons (Fsp3) is 0.357. The number of benzene rings is 2. The first-order valence-electron chi connectivity index (χ1n) is 11.6. The lowest BCUT2D eigenvalue weighted by Crippen LogP contribution is -2.18. The first kappa shape index (κ1) is 24.5. The highest BCUT2D eigenvalue weighted by atomic mass is 16.5. The van der Waals surface area contributed by atoms with E-state index in [1.807, 2.05) is 76.2 Å². The van der Waals surface area contributed by atoms with Crippen LogP contribution in [0.5, 0.6) is 11.5 Å². The largest absolute Gasteiger partial charge is 0.457 e. The van der Waals surface area contributed by atoms with E-state index in [-0.39, 0.29) is 18.1 Å². The van der Waals surface area contributed by atoms with Gasteiger partial charge in [0.05, 0.1) is 23.5 Å². The molecule has 0 aliphatic rings. The minimum absolute atomic E-state index is 0.0755. The van der Waals surface area contributed by atoms with Crippen molar-refractivity contribution in [3.05, 3.63) is 83.2 Å². The second-order valence-electron chi connectivity index (χ2n) is 8.61. The second-order valence-corrected chi connectivity index (χ2v) is 8.61. The number of ether oxygens (including phenoxy) is 2. The minimum atomic E-state index is -0.182. The van der Waals surface area contributed by atoms with Crippen molar-refractivity contribution in [3.8, 4) is 11.5 Å². The maximum absolute atomic E-state index is 12.8. The fourth-order valence-electron chi connectivity index (χ4n) is 3.73. The molecule has 1 N–H and O–H groups in total. The van der Waals surface area contributed by atoms with Gasteiger partial charge in [0.2, 0.25) is 0 Å². The van der Waals surface area contributed by atoms with Crippen LogP contribution < -0.4 is 10.1 Å². The number of carbonyl (C=O) groups is 1. The van der Waals surface area contributed by atoms with Gasteiger partial charge in [-0.2, -0.15) is 0 Å². The molecule has 1 aromatic heterocycles. The van der Waals surface area contributed by atoms with Gasteiger partial charge >= 0.3 is 0 Å². The van der Waals surface area contributed by atoms with Crippen molar-refractivity contribution in [1.82, 2.24) is 4.98 Å². The van der Waals surface area contributed by atoms with E-state index >= 15 is 0 Å². The standard InChI is InChI=1S/C28H34N2O3/c1-6-7-22-8-13-25(14-9-22)33-26-15-10-23(11-16-26)30-28(31)27-17-12-24(29-21(27)5)18-20(4)32-19(2)3/h8-17,19-20H,6-7,18H2,1-5H3,(H,30,31). The highest BCUT2D eigenvalue weighted by Crippen LogP contribution is 2.24. The summed E-state index contributed by atoms with van der Waals surface area (Å²) in [5, 5.41) is 2.94.